The summed E-state index contributed by atoms with van der Waals surface area (Å²) in [5.74, 6) is -0.659. The zero-order chi connectivity index (χ0) is 17.7. The van der Waals surface area contributed by atoms with Gasteiger partial charge in [-0.2, -0.15) is 0 Å². The third kappa shape index (κ3) is 5.62. The van der Waals surface area contributed by atoms with Gasteiger partial charge in [0.2, 0.25) is 0 Å². The van der Waals surface area contributed by atoms with Gasteiger partial charge in [0.15, 0.2) is 0 Å². The molecule has 0 radical (unpaired) electrons. The lowest BCUT2D eigenvalue weighted by Gasteiger charge is -2.33. The minimum absolute atomic E-state index is 0.259. The molecule has 2 rings (SSSR count). The number of ether oxygens (including phenoxy) is 1. The smallest absolute Gasteiger partial charge is 0.410 e. The molecule has 0 unspecified atom stereocenters. The summed E-state index contributed by atoms with van der Waals surface area (Å²) in [7, 11) is 0. The van der Waals surface area contributed by atoms with E-state index in [9.17, 15) is 13.6 Å². The van der Waals surface area contributed by atoms with Crippen LogP contribution in [0.25, 0.3) is 6.08 Å². The SMILES string of the molecule is CC(C)(C)OC(=O)N1CCC(CC=Cc2ccc(F)cc2F)CC1. The van der Waals surface area contributed by atoms with Crippen molar-refractivity contribution in [2.75, 3.05) is 13.1 Å². The van der Waals surface area contributed by atoms with E-state index in [1.54, 1.807) is 11.0 Å². The van der Waals surface area contributed by atoms with Gasteiger partial charge in [0.1, 0.15) is 17.2 Å². The van der Waals surface area contributed by atoms with Gasteiger partial charge in [0, 0.05) is 24.7 Å². The van der Waals surface area contributed by atoms with E-state index in [2.05, 4.69) is 0 Å². The summed E-state index contributed by atoms with van der Waals surface area (Å²) < 4.78 is 31.8. The monoisotopic (exact) mass is 337 g/mol. The summed E-state index contributed by atoms with van der Waals surface area (Å²) in [6.07, 6.45) is 5.97. The molecule has 0 aliphatic carbocycles. The highest BCUT2D eigenvalue weighted by atomic mass is 19.1. The maximum Gasteiger partial charge on any atom is 0.410 e. The van der Waals surface area contributed by atoms with Gasteiger partial charge >= 0.3 is 6.09 Å². The topological polar surface area (TPSA) is 29.5 Å². The van der Waals surface area contributed by atoms with Crippen molar-refractivity contribution in [2.45, 2.75) is 45.6 Å². The maximum atomic E-state index is 13.5. The van der Waals surface area contributed by atoms with Crippen LogP contribution in [0, 0.1) is 17.6 Å². The molecule has 1 aliphatic rings. The molecule has 1 aliphatic heterocycles. The maximum absolute atomic E-state index is 13.5. The van der Waals surface area contributed by atoms with Crippen molar-refractivity contribution in [2.24, 2.45) is 5.92 Å². The molecule has 0 spiro atoms. The fourth-order valence-corrected chi connectivity index (χ4v) is 2.70. The molecule has 24 heavy (non-hydrogen) atoms. The van der Waals surface area contributed by atoms with E-state index in [-0.39, 0.29) is 6.09 Å². The lowest BCUT2D eigenvalue weighted by molar-refractivity contribution is 0.0185. The zero-order valence-electron chi connectivity index (χ0n) is 14.5. The normalized spacial score (nSPS) is 16.6. The van der Waals surface area contributed by atoms with Crippen LogP contribution in [0.15, 0.2) is 24.3 Å². The first-order chi connectivity index (χ1) is 11.2. The molecule has 1 aromatic rings. The van der Waals surface area contributed by atoms with Crippen LogP contribution in [0.1, 0.15) is 45.6 Å². The Morgan fingerprint density at radius 2 is 1.96 bits per heavy atom. The van der Waals surface area contributed by atoms with Crippen molar-refractivity contribution in [1.82, 2.24) is 4.90 Å². The van der Waals surface area contributed by atoms with Crippen molar-refractivity contribution in [1.29, 1.82) is 0 Å². The predicted molar refractivity (Wildman–Crippen MR) is 90.5 cm³/mol. The first-order valence-corrected chi connectivity index (χ1v) is 8.34. The number of allylic oxidation sites excluding steroid dienone is 1. The molecule has 0 atom stereocenters. The lowest BCUT2D eigenvalue weighted by atomic mass is 9.93. The number of likely N-dealkylation sites (tertiary alicyclic amines) is 1. The van der Waals surface area contributed by atoms with Gasteiger partial charge in [-0.05, 0) is 58.1 Å². The minimum Gasteiger partial charge on any atom is -0.444 e. The molecule has 1 saturated heterocycles. The molecule has 0 N–H and O–H groups in total. The average Bonchev–Trinajstić information content (AvgIpc) is 2.48. The second kappa shape index (κ2) is 7.77. The molecule has 0 bridgehead atoms. The minimum atomic E-state index is -0.570. The van der Waals surface area contributed by atoms with Gasteiger partial charge in [-0.25, -0.2) is 13.6 Å². The Kier molecular flexibility index (Phi) is 5.97. The van der Waals surface area contributed by atoms with Crippen LogP contribution in [-0.2, 0) is 4.74 Å². The molecule has 5 heteroatoms. The van der Waals surface area contributed by atoms with Crippen LogP contribution in [-0.4, -0.2) is 29.7 Å². The van der Waals surface area contributed by atoms with Gasteiger partial charge in [0.25, 0.3) is 0 Å². The highest BCUT2D eigenvalue weighted by molar-refractivity contribution is 5.68. The fraction of sp³-hybridized carbons (Fsp3) is 0.526. The number of carbonyl (C=O) groups is 1. The van der Waals surface area contributed by atoms with E-state index < -0.39 is 17.2 Å². The van der Waals surface area contributed by atoms with E-state index in [1.807, 2.05) is 26.8 Å². The zero-order valence-corrected chi connectivity index (χ0v) is 14.5. The van der Waals surface area contributed by atoms with Crippen molar-refractivity contribution in [3.05, 3.63) is 41.5 Å². The Balaban J connectivity index is 1.79. The van der Waals surface area contributed by atoms with Crippen LogP contribution in [0.4, 0.5) is 13.6 Å². The summed E-state index contributed by atoms with van der Waals surface area (Å²) in [4.78, 5) is 13.7. The average molecular weight is 337 g/mol. The molecule has 0 aromatic heterocycles. The number of piperidine rings is 1. The van der Waals surface area contributed by atoms with E-state index in [0.29, 0.717) is 24.6 Å². The molecule has 1 fully saturated rings. The number of halogens is 2. The van der Waals surface area contributed by atoms with Gasteiger partial charge < -0.3 is 9.64 Å². The highest BCUT2D eigenvalue weighted by Gasteiger charge is 2.26. The van der Waals surface area contributed by atoms with Crippen LogP contribution in [0.5, 0.6) is 0 Å². The summed E-state index contributed by atoms with van der Waals surface area (Å²) >= 11 is 0. The summed E-state index contributed by atoms with van der Waals surface area (Å²) in [5.41, 5.74) is -0.0850. The number of amides is 1. The lowest BCUT2D eigenvalue weighted by Crippen LogP contribution is -2.41. The van der Waals surface area contributed by atoms with Crippen LogP contribution in [0.3, 0.4) is 0 Å². The third-order valence-electron chi connectivity index (χ3n) is 4.00. The quantitative estimate of drug-likeness (QED) is 0.775. The summed E-state index contributed by atoms with van der Waals surface area (Å²) in [6, 6.07) is 3.58. The Morgan fingerprint density at radius 1 is 1.29 bits per heavy atom. The largest absolute Gasteiger partial charge is 0.444 e. The number of hydrogen-bond acceptors (Lipinski definition) is 2. The molecular weight excluding hydrogens is 312 g/mol. The van der Waals surface area contributed by atoms with Crippen molar-refractivity contribution in [3.63, 3.8) is 0 Å². The van der Waals surface area contributed by atoms with Crippen molar-refractivity contribution < 1.29 is 18.3 Å². The molecule has 3 nitrogen and oxygen atoms in total. The summed E-state index contributed by atoms with van der Waals surface area (Å²) in [5, 5.41) is 0. The van der Waals surface area contributed by atoms with Gasteiger partial charge in [0.05, 0.1) is 0 Å². The molecule has 132 valence electrons. The van der Waals surface area contributed by atoms with Crippen molar-refractivity contribution in [3.8, 4) is 0 Å². The number of benzene rings is 1. The molecule has 0 saturated carbocycles. The van der Waals surface area contributed by atoms with E-state index in [0.717, 1.165) is 25.3 Å². The molecule has 1 amide bonds. The second-order valence-electron chi connectivity index (χ2n) is 7.21. The van der Waals surface area contributed by atoms with Crippen LogP contribution < -0.4 is 0 Å². The second-order valence-corrected chi connectivity index (χ2v) is 7.21. The Morgan fingerprint density at radius 3 is 2.54 bits per heavy atom. The Bertz CT molecular complexity index is 600. The first kappa shape index (κ1) is 18.4. The standard InChI is InChI=1S/C19H25F2NO2/c1-19(2,3)24-18(23)22-11-9-14(10-12-22)5-4-6-15-7-8-16(20)13-17(15)21/h4,6-8,13-14H,5,9-12H2,1-3H3. The van der Waals surface area contributed by atoms with Crippen molar-refractivity contribution >= 4 is 12.2 Å². The molecule has 1 aromatic carbocycles. The highest BCUT2D eigenvalue weighted by Crippen LogP contribution is 2.23. The van der Waals surface area contributed by atoms with Crippen LogP contribution >= 0.6 is 0 Å². The Hall–Kier alpha value is -1.91. The predicted octanol–water partition coefficient (Wildman–Crippen LogP) is 5.02. The first-order valence-electron chi connectivity index (χ1n) is 8.34. The van der Waals surface area contributed by atoms with Gasteiger partial charge in [-0.15, -0.1) is 0 Å². The third-order valence-corrected chi connectivity index (χ3v) is 4.00. The number of rotatable bonds is 3. The summed E-state index contributed by atoms with van der Waals surface area (Å²) in [6.45, 7) is 6.93. The van der Waals surface area contributed by atoms with Gasteiger partial charge in [-0.3, -0.25) is 0 Å². The van der Waals surface area contributed by atoms with Crippen LogP contribution in [0.2, 0.25) is 0 Å². The number of hydrogen-bond donors (Lipinski definition) is 0. The number of carbonyl (C=O) groups excluding carboxylic acids is 1. The Labute approximate surface area is 142 Å². The number of nitrogens with zero attached hydrogens (tertiary/aromatic N) is 1. The van der Waals surface area contributed by atoms with E-state index in [4.69, 9.17) is 4.74 Å². The van der Waals surface area contributed by atoms with E-state index >= 15 is 0 Å². The van der Waals surface area contributed by atoms with E-state index in [1.165, 1.54) is 12.1 Å². The molecular formula is C19H25F2NO2. The van der Waals surface area contributed by atoms with Gasteiger partial charge in [-0.1, -0.05) is 12.2 Å². The molecule has 1 heterocycles. The fourth-order valence-electron chi connectivity index (χ4n) is 2.70.